The van der Waals surface area contributed by atoms with Crippen molar-refractivity contribution in [3.05, 3.63) is 102 Å². The highest BCUT2D eigenvalue weighted by atomic mass is 19.1. The highest BCUT2D eigenvalue weighted by molar-refractivity contribution is 5.95. The number of amides is 3. The van der Waals surface area contributed by atoms with E-state index in [1.54, 1.807) is 55.8 Å². The third-order valence-electron chi connectivity index (χ3n) is 5.36. The van der Waals surface area contributed by atoms with E-state index in [9.17, 15) is 14.0 Å². The number of halogens is 1. The number of oxazole rings is 1. The summed E-state index contributed by atoms with van der Waals surface area (Å²) in [6.07, 6.45) is 2.06. The quantitative estimate of drug-likeness (QED) is 0.314. The van der Waals surface area contributed by atoms with Gasteiger partial charge in [0, 0.05) is 41.9 Å². The van der Waals surface area contributed by atoms with Crippen molar-refractivity contribution in [1.82, 2.24) is 15.6 Å². The molecule has 1 aromatic heterocycles. The predicted molar refractivity (Wildman–Crippen MR) is 133 cm³/mol. The van der Waals surface area contributed by atoms with Crippen LogP contribution in [-0.2, 0) is 13.0 Å². The molecule has 0 bridgehead atoms. The average molecular weight is 489 g/mol. The van der Waals surface area contributed by atoms with Gasteiger partial charge in [-0.2, -0.15) is 0 Å². The Morgan fingerprint density at radius 2 is 1.72 bits per heavy atom. The second-order valence-corrected chi connectivity index (χ2v) is 7.85. The van der Waals surface area contributed by atoms with E-state index < -0.39 is 0 Å². The molecule has 4 aromatic rings. The second kappa shape index (κ2) is 11.7. The molecule has 0 aliphatic rings. The third kappa shape index (κ3) is 6.47. The van der Waals surface area contributed by atoms with Crippen LogP contribution in [-0.4, -0.2) is 30.6 Å². The van der Waals surface area contributed by atoms with E-state index >= 15 is 0 Å². The van der Waals surface area contributed by atoms with Crippen molar-refractivity contribution >= 4 is 17.6 Å². The van der Waals surface area contributed by atoms with Crippen LogP contribution in [0.25, 0.3) is 11.5 Å². The standard InChI is InChI=1S/C27H25FN4O4/c1-35-23-12-8-19(9-13-23)26-31-22(17-36-26)14-15-29-27(34)32-21-10-6-18(7-11-21)25(33)30-16-20-4-2-3-5-24(20)28/h2-13,17H,14-16H2,1H3,(H,30,33)(H2,29,32,34). The molecule has 0 radical (unpaired) electrons. The number of hydrogen-bond donors (Lipinski definition) is 3. The number of aromatic nitrogens is 1. The highest BCUT2D eigenvalue weighted by Crippen LogP contribution is 2.21. The summed E-state index contributed by atoms with van der Waals surface area (Å²) in [6, 6.07) is 19.7. The number of rotatable bonds is 9. The van der Waals surface area contributed by atoms with Crippen LogP contribution in [0.5, 0.6) is 5.75 Å². The van der Waals surface area contributed by atoms with Crippen molar-refractivity contribution in [2.24, 2.45) is 0 Å². The van der Waals surface area contributed by atoms with Gasteiger partial charge in [0.15, 0.2) is 0 Å². The molecule has 1 heterocycles. The van der Waals surface area contributed by atoms with Gasteiger partial charge in [0.2, 0.25) is 5.89 Å². The van der Waals surface area contributed by atoms with Crippen LogP contribution in [0.15, 0.2) is 83.5 Å². The van der Waals surface area contributed by atoms with E-state index in [-0.39, 0.29) is 24.3 Å². The number of nitrogens with one attached hydrogen (secondary N) is 3. The summed E-state index contributed by atoms with van der Waals surface area (Å²) in [5, 5.41) is 8.16. The lowest BCUT2D eigenvalue weighted by Gasteiger charge is -2.09. The maximum atomic E-state index is 13.7. The molecule has 3 amide bonds. The van der Waals surface area contributed by atoms with Gasteiger partial charge in [0.25, 0.3) is 5.91 Å². The summed E-state index contributed by atoms with van der Waals surface area (Å²) >= 11 is 0. The van der Waals surface area contributed by atoms with Gasteiger partial charge in [-0.05, 0) is 54.6 Å². The van der Waals surface area contributed by atoms with Gasteiger partial charge in [-0.3, -0.25) is 4.79 Å². The molecule has 9 heteroatoms. The summed E-state index contributed by atoms with van der Waals surface area (Å²) in [4.78, 5) is 29.0. The Labute approximate surface area is 207 Å². The zero-order chi connectivity index (χ0) is 25.3. The molecule has 0 fully saturated rings. The zero-order valence-electron chi connectivity index (χ0n) is 19.6. The summed E-state index contributed by atoms with van der Waals surface area (Å²) in [6.45, 7) is 0.442. The zero-order valence-corrected chi connectivity index (χ0v) is 19.6. The van der Waals surface area contributed by atoms with E-state index in [2.05, 4.69) is 20.9 Å². The first-order valence-electron chi connectivity index (χ1n) is 11.3. The maximum Gasteiger partial charge on any atom is 0.319 e. The fraction of sp³-hybridized carbons (Fsp3) is 0.148. The Kier molecular flexibility index (Phi) is 7.92. The van der Waals surface area contributed by atoms with E-state index in [4.69, 9.17) is 9.15 Å². The number of carbonyl (C=O) groups excluding carboxylic acids is 2. The van der Waals surface area contributed by atoms with E-state index in [0.29, 0.717) is 41.4 Å². The van der Waals surface area contributed by atoms with Crippen molar-refractivity contribution in [1.29, 1.82) is 0 Å². The van der Waals surface area contributed by atoms with Crippen LogP contribution < -0.4 is 20.7 Å². The largest absolute Gasteiger partial charge is 0.497 e. The van der Waals surface area contributed by atoms with E-state index in [1.165, 1.54) is 6.07 Å². The van der Waals surface area contributed by atoms with Crippen molar-refractivity contribution in [3.63, 3.8) is 0 Å². The van der Waals surface area contributed by atoms with Crippen LogP contribution in [0, 0.1) is 5.82 Å². The Bertz CT molecular complexity index is 1320. The smallest absolute Gasteiger partial charge is 0.319 e. The fourth-order valence-electron chi connectivity index (χ4n) is 3.39. The topological polar surface area (TPSA) is 105 Å². The highest BCUT2D eigenvalue weighted by Gasteiger charge is 2.10. The molecule has 0 unspecified atom stereocenters. The van der Waals surface area contributed by atoms with Gasteiger partial charge in [-0.25, -0.2) is 14.2 Å². The first-order chi connectivity index (χ1) is 17.5. The van der Waals surface area contributed by atoms with Crippen LogP contribution >= 0.6 is 0 Å². The minimum atomic E-state index is -0.384. The van der Waals surface area contributed by atoms with E-state index in [1.807, 2.05) is 24.3 Å². The number of ether oxygens (including phenoxy) is 1. The minimum Gasteiger partial charge on any atom is -0.497 e. The van der Waals surface area contributed by atoms with Crippen LogP contribution in [0.3, 0.4) is 0 Å². The molecule has 0 saturated heterocycles. The molecule has 0 aliphatic heterocycles. The molecule has 8 nitrogen and oxygen atoms in total. The number of nitrogens with zero attached hydrogens (tertiary/aromatic N) is 1. The van der Waals surface area contributed by atoms with Gasteiger partial charge in [-0.1, -0.05) is 18.2 Å². The predicted octanol–water partition coefficient (Wildman–Crippen LogP) is 4.78. The Morgan fingerprint density at radius 1 is 0.972 bits per heavy atom. The summed E-state index contributed by atoms with van der Waals surface area (Å²) in [5.74, 6) is 0.536. The van der Waals surface area contributed by atoms with Crippen molar-refractivity contribution in [2.75, 3.05) is 19.0 Å². The van der Waals surface area contributed by atoms with Crippen LogP contribution in [0.4, 0.5) is 14.9 Å². The molecule has 0 atom stereocenters. The Balaban J connectivity index is 1.21. The Hall–Kier alpha value is -4.66. The minimum absolute atomic E-state index is 0.0843. The molecule has 3 aromatic carbocycles. The number of urea groups is 1. The molecule has 0 aliphatic carbocycles. The summed E-state index contributed by atoms with van der Waals surface area (Å²) in [5.41, 5.74) is 2.88. The number of benzene rings is 3. The first-order valence-corrected chi connectivity index (χ1v) is 11.3. The monoisotopic (exact) mass is 488 g/mol. The number of anilines is 1. The molecule has 36 heavy (non-hydrogen) atoms. The van der Waals surface area contributed by atoms with Gasteiger partial charge in [0.1, 0.15) is 17.8 Å². The molecule has 184 valence electrons. The molecular weight excluding hydrogens is 463 g/mol. The average Bonchev–Trinajstić information content (AvgIpc) is 3.37. The third-order valence-corrected chi connectivity index (χ3v) is 5.36. The van der Waals surface area contributed by atoms with Crippen LogP contribution in [0.1, 0.15) is 21.6 Å². The number of hydrogen-bond acceptors (Lipinski definition) is 5. The molecule has 0 saturated carbocycles. The molecule has 3 N–H and O–H groups in total. The Morgan fingerprint density at radius 3 is 2.44 bits per heavy atom. The van der Waals surface area contributed by atoms with Gasteiger partial charge in [-0.15, -0.1) is 0 Å². The maximum absolute atomic E-state index is 13.7. The second-order valence-electron chi connectivity index (χ2n) is 7.85. The molecule has 0 spiro atoms. The summed E-state index contributed by atoms with van der Waals surface area (Å²) < 4.78 is 24.4. The first kappa shape index (κ1) is 24.5. The van der Waals surface area contributed by atoms with Crippen molar-refractivity contribution in [2.45, 2.75) is 13.0 Å². The lowest BCUT2D eigenvalue weighted by molar-refractivity contribution is 0.0950. The number of methoxy groups -OCH3 is 1. The van der Waals surface area contributed by atoms with E-state index in [0.717, 1.165) is 11.3 Å². The lowest BCUT2D eigenvalue weighted by Crippen LogP contribution is -2.30. The van der Waals surface area contributed by atoms with Gasteiger partial charge >= 0.3 is 6.03 Å². The SMILES string of the molecule is COc1ccc(-c2nc(CCNC(=O)Nc3ccc(C(=O)NCc4ccccc4F)cc3)co2)cc1. The molecule has 4 rings (SSSR count). The normalized spacial score (nSPS) is 10.5. The van der Waals surface area contributed by atoms with Crippen LogP contribution in [0.2, 0.25) is 0 Å². The summed E-state index contributed by atoms with van der Waals surface area (Å²) in [7, 11) is 1.60. The lowest BCUT2D eigenvalue weighted by atomic mass is 10.1. The molecular formula is C27H25FN4O4. The van der Waals surface area contributed by atoms with Gasteiger partial charge in [0.05, 0.1) is 12.8 Å². The van der Waals surface area contributed by atoms with Crippen molar-refractivity contribution < 1.29 is 23.1 Å². The van der Waals surface area contributed by atoms with Gasteiger partial charge < -0.3 is 25.1 Å². The van der Waals surface area contributed by atoms with Crippen molar-refractivity contribution in [3.8, 4) is 17.2 Å². The fourth-order valence-corrected chi connectivity index (χ4v) is 3.39. The number of carbonyl (C=O) groups is 2.